The third-order valence-electron chi connectivity index (χ3n) is 2.56. The molecule has 2 rings (SSSR count). The number of ether oxygens (including phenoxy) is 1. The van der Waals surface area contributed by atoms with Crippen LogP contribution < -0.4 is 10.1 Å². The van der Waals surface area contributed by atoms with E-state index in [1.54, 1.807) is 23.5 Å². The van der Waals surface area contributed by atoms with E-state index in [9.17, 15) is 13.6 Å². The van der Waals surface area contributed by atoms with Gasteiger partial charge in [-0.05, 0) is 40.9 Å². The van der Waals surface area contributed by atoms with Crippen LogP contribution in [0.1, 0.15) is 12.0 Å². The summed E-state index contributed by atoms with van der Waals surface area (Å²) in [5.74, 6) is -0.138. The summed E-state index contributed by atoms with van der Waals surface area (Å²) in [7, 11) is 0. The lowest BCUT2D eigenvalue weighted by Gasteiger charge is -2.08. The second-order valence-electron chi connectivity index (χ2n) is 4.09. The number of thiophene rings is 1. The fourth-order valence-electron chi connectivity index (χ4n) is 1.67. The normalized spacial score (nSPS) is 10.6. The molecule has 0 atom stereocenters. The summed E-state index contributed by atoms with van der Waals surface area (Å²) in [6.07, 6.45) is 0.999. The maximum atomic E-state index is 12.1. The van der Waals surface area contributed by atoms with Crippen LogP contribution in [0.4, 0.5) is 14.5 Å². The Balaban J connectivity index is 1.87. The van der Waals surface area contributed by atoms with Crippen LogP contribution in [0.25, 0.3) is 0 Å². The largest absolute Gasteiger partial charge is 0.435 e. The Morgan fingerprint density at radius 2 is 2.20 bits per heavy atom. The Bertz CT molecular complexity index is 558. The predicted octanol–water partition coefficient (Wildman–Crippen LogP) is 3.92. The highest BCUT2D eigenvalue weighted by atomic mass is 32.1. The molecular formula is C14H13F2NO2S. The number of carbonyl (C=O) groups is 1. The van der Waals surface area contributed by atoms with Crippen molar-refractivity contribution >= 4 is 22.9 Å². The van der Waals surface area contributed by atoms with E-state index < -0.39 is 6.61 Å². The minimum Gasteiger partial charge on any atom is -0.435 e. The van der Waals surface area contributed by atoms with E-state index in [0.29, 0.717) is 18.5 Å². The number of hydrogen-bond acceptors (Lipinski definition) is 3. The maximum absolute atomic E-state index is 12.1. The topological polar surface area (TPSA) is 38.3 Å². The molecule has 0 saturated heterocycles. The van der Waals surface area contributed by atoms with E-state index in [0.717, 1.165) is 5.56 Å². The summed E-state index contributed by atoms with van der Waals surface area (Å²) in [5.41, 5.74) is 1.55. The zero-order valence-electron chi connectivity index (χ0n) is 10.5. The van der Waals surface area contributed by atoms with E-state index in [1.807, 2.05) is 16.8 Å². The third kappa shape index (κ3) is 4.62. The molecule has 0 saturated carbocycles. The Labute approximate surface area is 119 Å². The Kier molecular flexibility index (Phi) is 5.06. The van der Waals surface area contributed by atoms with Gasteiger partial charge in [-0.15, -0.1) is 0 Å². The van der Waals surface area contributed by atoms with Gasteiger partial charge >= 0.3 is 6.61 Å². The third-order valence-corrected chi connectivity index (χ3v) is 3.30. The maximum Gasteiger partial charge on any atom is 0.387 e. The van der Waals surface area contributed by atoms with Crippen LogP contribution in [0.2, 0.25) is 0 Å². The van der Waals surface area contributed by atoms with E-state index in [1.165, 1.54) is 12.1 Å². The number of rotatable bonds is 6. The summed E-state index contributed by atoms with van der Waals surface area (Å²) < 4.78 is 28.4. The number of carbonyl (C=O) groups excluding carboxylic acids is 1. The van der Waals surface area contributed by atoms with Crippen molar-refractivity contribution < 1.29 is 18.3 Å². The zero-order chi connectivity index (χ0) is 14.4. The molecule has 0 aliphatic carbocycles. The molecule has 1 aromatic heterocycles. The van der Waals surface area contributed by atoms with Gasteiger partial charge < -0.3 is 10.1 Å². The summed E-state index contributed by atoms with van der Waals surface area (Å²) >= 11 is 1.58. The molecule has 3 nitrogen and oxygen atoms in total. The average molecular weight is 297 g/mol. The fourth-order valence-corrected chi connectivity index (χ4v) is 2.37. The van der Waals surface area contributed by atoms with Crippen molar-refractivity contribution in [2.75, 3.05) is 5.32 Å². The molecule has 0 spiro atoms. The van der Waals surface area contributed by atoms with Gasteiger partial charge in [0.1, 0.15) is 5.75 Å². The van der Waals surface area contributed by atoms with Crippen molar-refractivity contribution in [3.05, 3.63) is 46.7 Å². The highest BCUT2D eigenvalue weighted by Crippen LogP contribution is 2.19. The van der Waals surface area contributed by atoms with Gasteiger partial charge in [0.2, 0.25) is 5.91 Å². The average Bonchev–Trinajstić information content (AvgIpc) is 2.89. The van der Waals surface area contributed by atoms with Crippen LogP contribution in [-0.4, -0.2) is 12.5 Å². The van der Waals surface area contributed by atoms with Crippen LogP contribution in [-0.2, 0) is 11.2 Å². The molecule has 0 aliphatic heterocycles. The molecule has 1 N–H and O–H groups in total. The number of halogens is 2. The highest BCUT2D eigenvalue weighted by molar-refractivity contribution is 7.07. The number of alkyl halides is 2. The molecule has 6 heteroatoms. The van der Waals surface area contributed by atoms with Gasteiger partial charge in [0.15, 0.2) is 0 Å². The summed E-state index contributed by atoms with van der Waals surface area (Å²) in [6.45, 7) is -2.88. The number of anilines is 1. The van der Waals surface area contributed by atoms with Gasteiger partial charge in [-0.2, -0.15) is 20.1 Å². The smallest absolute Gasteiger partial charge is 0.387 e. The minimum absolute atomic E-state index is 0.0237. The van der Waals surface area contributed by atoms with Crippen molar-refractivity contribution in [1.29, 1.82) is 0 Å². The number of aryl methyl sites for hydroxylation is 1. The van der Waals surface area contributed by atoms with Gasteiger partial charge in [-0.25, -0.2) is 0 Å². The Morgan fingerprint density at radius 3 is 2.90 bits per heavy atom. The zero-order valence-corrected chi connectivity index (χ0v) is 11.3. The predicted molar refractivity (Wildman–Crippen MR) is 74.3 cm³/mol. The van der Waals surface area contributed by atoms with Gasteiger partial charge in [0.25, 0.3) is 0 Å². The number of nitrogens with one attached hydrogen (secondary N) is 1. The molecule has 0 fully saturated rings. The van der Waals surface area contributed by atoms with Crippen molar-refractivity contribution in [1.82, 2.24) is 0 Å². The van der Waals surface area contributed by atoms with Gasteiger partial charge in [0, 0.05) is 18.2 Å². The van der Waals surface area contributed by atoms with Gasteiger partial charge in [-0.1, -0.05) is 6.07 Å². The molecule has 20 heavy (non-hydrogen) atoms. The molecule has 0 radical (unpaired) electrons. The molecule has 0 bridgehead atoms. The van der Waals surface area contributed by atoms with Crippen LogP contribution >= 0.6 is 11.3 Å². The first kappa shape index (κ1) is 14.5. The van der Waals surface area contributed by atoms with Crippen molar-refractivity contribution in [3.63, 3.8) is 0 Å². The van der Waals surface area contributed by atoms with E-state index in [-0.39, 0.29) is 11.7 Å². The van der Waals surface area contributed by atoms with E-state index >= 15 is 0 Å². The lowest BCUT2D eigenvalue weighted by molar-refractivity contribution is -0.116. The number of amides is 1. The van der Waals surface area contributed by atoms with Crippen LogP contribution in [0.15, 0.2) is 41.1 Å². The lowest BCUT2D eigenvalue weighted by atomic mass is 10.2. The van der Waals surface area contributed by atoms with Crippen LogP contribution in [0, 0.1) is 0 Å². The monoisotopic (exact) mass is 297 g/mol. The van der Waals surface area contributed by atoms with Crippen molar-refractivity contribution in [2.24, 2.45) is 0 Å². The molecule has 106 valence electrons. The molecule has 2 aromatic rings. The van der Waals surface area contributed by atoms with Gasteiger partial charge in [-0.3, -0.25) is 4.79 Å². The number of hydrogen-bond donors (Lipinski definition) is 1. The minimum atomic E-state index is -2.88. The Hall–Kier alpha value is -1.95. The molecule has 1 heterocycles. The lowest BCUT2D eigenvalue weighted by Crippen LogP contribution is -2.12. The fraction of sp³-hybridized carbons (Fsp3) is 0.214. The van der Waals surface area contributed by atoms with Crippen molar-refractivity contribution in [3.8, 4) is 5.75 Å². The molecule has 0 aliphatic rings. The second-order valence-corrected chi connectivity index (χ2v) is 4.87. The quantitative estimate of drug-likeness (QED) is 0.877. The van der Waals surface area contributed by atoms with Crippen LogP contribution in [0.3, 0.4) is 0 Å². The van der Waals surface area contributed by atoms with Crippen molar-refractivity contribution in [2.45, 2.75) is 19.5 Å². The van der Waals surface area contributed by atoms with Gasteiger partial charge in [0.05, 0.1) is 0 Å². The molecule has 1 aromatic carbocycles. The SMILES string of the molecule is O=C(CCc1ccsc1)Nc1cccc(OC(F)F)c1. The summed E-state index contributed by atoms with van der Waals surface area (Å²) in [5, 5.41) is 6.60. The van der Waals surface area contributed by atoms with E-state index in [4.69, 9.17) is 0 Å². The molecular weight excluding hydrogens is 284 g/mol. The summed E-state index contributed by atoms with van der Waals surface area (Å²) in [6, 6.07) is 7.92. The molecule has 0 unspecified atom stereocenters. The first-order valence-electron chi connectivity index (χ1n) is 5.99. The summed E-state index contributed by atoms with van der Waals surface area (Å²) in [4.78, 5) is 11.7. The molecule has 1 amide bonds. The van der Waals surface area contributed by atoms with E-state index in [2.05, 4.69) is 10.1 Å². The first-order valence-corrected chi connectivity index (χ1v) is 6.93. The Morgan fingerprint density at radius 1 is 1.35 bits per heavy atom. The number of benzene rings is 1. The van der Waals surface area contributed by atoms with Crippen LogP contribution in [0.5, 0.6) is 5.75 Å². The first-order chi connectivity index (χ1) is 9.63. The second kappa shape index (κ2) is 7.00. The standard InChI is InChI=1S/C14H13F2NO2S/c15-14(16)19-12-3-1-2-11(8-12)17-13(18)5-4-10-6-7-20-9-10/h1-3,6-9,14H,4-5H2,(H,17,18). The highest BCUT2D eigenvalue weighted by Gasteiger charge is 2.07.